The first-order valence-corrected chi connectivity index (χ1v) is 5.51. The van der Waals surface area contributed by atoms with Crippen molar-refractivity contribution in [2.24, 2.45) is 0 Å². The number of benzene rings is 1. The zero-order chi connectivity index (χ0) is 12.3. The quantitative estimate of drug-likeness (QED) is 0.845. The highest BCUT2D eigenvalue weighted by Crippen LogP contribution is 2.25. The molecular weight excluding hydrogens is 240 g/mol. The third-order valence-electron chi connectivity index (χ3n) is 2.42. The third kappa shape index (κ3) is 2.54. The summed E-state index contributed by atoms with van der Waals surface area (Å²) < 4.78 is 1.62. The molecule has 0 aliphatic rings. The van der Waals surface area contributed by atoms with Crippen molar-refractivity contribution in [1.82, 2.24) is 9.78 Å². The first-order valence-electron chi connectivity index (χ1n) is 5.13. The number of carbonyl (C=O) groups is 1. The minimum absolute atomic E-state index is 0.0250. The number of nitrogens with zero attached hydrogens (tertiary/aromatic N) is 2. The van der Waals surface area contributed by atoms with E-state index in [-0.39, 0.29) is 6.61 Å². The molecule has 0 atom stereocenters. The fraction of sp³-hybridized carbons (Fsp3) is 0.167. The molecule has 0 saturated carbocycles. The molecule has 0 unspecified atom stereocenters. The second kappa shape index (κ2) is 5.12. The number of halogens is 1. The van der Waals surface area contributed by atoms with Gasteiger partial charge in [0.2, 0.25) is 0 Å². The molecule has 0 bridgehead atoms. The summed E-state index contributed by atoms with van der Waals surface area (Å²) in [4.78, 5) is 10.9. The minimum atomic E-state index is 0.0250. The van der Waals surface area contributed by atoms with E-state index in [4.69, 9.17) is 16.7 Å². The highest BCUT2D eigenvalue weighted by molar-refractivity contribution is 6.31. The van der Waals surface area contributed by atoms with Crippen molar-refractivity contribution in [3.63, 3.8) is 0 Å². The molecule has 0 amide bonds. The van der Waals surface area contributed by atoms with Crippen LogP contribution >= 0.6 is 11.6 Å². The Morgan fingerprint density at radius 2 is 2.29 bits per heavy atom. The Kier molecular flexibility index (Phi) is 3.56. The normalized spacial score (nSPS) is 10.5. The molecule has 0 aliphatic carbocycles. The summed E-state index contributed by atoms with van der Waals surface area (Å²) in [5.41, 5.74) is 2.12. The number of hydrogen-bond acceptors (Lipinski definition) is 3. The SMILES string of the molecule is O=Cc1ccc(Cl)cc1-c1cnn(CCO)c1. The summed E-state index contributed by atoms with van der Waals surface area (Å²) in [7, 11) is 0. The van der Waals surface area contributed by atoms with Gasteiger partial charge in [0.1, 0.15) is 0 Å². The van der Waals surface area contributed by atoms with Crippen LogP contribution in [0.1, 0.15) is 10.4 Å². The van der Waals surface area contributed by atoms with E-state index in [1.165, 1.54) is 0 Å². The van der Waals surface area contributed by atoms with E-state index in [2.05, 4.69) is 5.10 Å². The van der Waals surface area contributed by atoms with Gasteiger partial charge in [-0.25, -0.2) is 0 Å². The van der Waals surface area contributed by atoms with Crippen LogP contribution < -0.4 is 0 Å². The van der Waals surface area contributed by atoms with Gasteiger partial charge in [0.05, 0.1) is 19.3 Å². The molecule has 0 spiro atoms. The second-order valence-corrected chi connectivity index (χ2v) is 4.00. The van der Waals surface area contributed by atoms with Gasteiger partial charge in [-0.05, 0) is 23.8 Å². The fourth-order valence-corrected chi connectivity index (χ4v) is 1.78. The third-order valence-corrected chi connectivity index (χ3v) is 2.65. The van der Waals surface area contributed by atoms with Crippen LogP contribution in [0, 0.1) is 0 Å². The standard InChI is InChI=1S/C12H11ClN2O2/c13-11-2-1-9(8-17)12(5-11)10-6-14-15(7-10)3-4-16/h1-2,5-8,16H,3-4H2. The van der Waals surface area contributed by atoms with E-state index < -0.39 is 0 Å². The van der Waals surface area contributed by atoms with Crippen LogP contribution in [0.3, 0.4) is 0 Å². The van der Waals surface area contributed by atoms with Crippen LogP contribution in [0.25, 0.3) is 11.1 Å². The Balaban J connectivity index is 2.43. The van der Waals surface area contributed by atoms with Crippen LogP contribution in [-0.4, -0.2) is 27.8 Å². The lowest BCUT2D eigenvalue weighted by atomic mass is 10.0. The fourth-order valence-electron chi connectivity index (χ4n) is 1.61. The molecular formula is C12H11ClN2O2. The van der Waals surface area contributed by atoms with Crippen LogP contribution in [0.15, 0.2) is 30.6 Å². The number of aliphatic hydroxyl groups excluding tert-OH is 1. The summed E-state index contributed by atoms with van der Waals surface area (Å²) in [6.45, 7) is 0.453. The Bertz CT molecular complexity index is 537. The molecule has 1 N–H and O–H groups in total. The molecule has 88 valence electrons. The van der Waals surface area contributed by atoms with Crippen molar-refractivity contribution in [2.45, 2.75) is 6.54 Å². The van der Waals surface area contributed by atoms with E-state index in [0.717, 1.165) is 17.4 Å². The van der Waals surface area contributed by atoms with E-state index in [0.29, 0.717) is 17.1 Å². The van der Waals surface area contributed by atoms with Gasteiger partial charge < -0.3 is 5.11 Å². The van der Waals surface area contributed by atoms with Crippen LogP contribution in [-0.2, 0) is 6.54 Å². The Labute approximate surface area is 103 Å². The molecule has 0 radical (unpaired) electrons. The summed E-state index contributed by atoms with van der Waals surface area (Å²) in [6.07, 6.45) is 4.21. The summed E-state index contributed by atoms with van der Waals surface area (Å²) in [5.74, 6) is 0. The average Bonchev–Trinajstić information content (AvgIpc) is 2.78. The number of aliphatic hydroxyl groups is 1. The van der Waals surface area contributed by atoms with E-state index in [1.807, 2.05) is 0 Å². The lowest BCUT2D eigenvalue weighted by molar-refractivity contribution is 0.112. The van der Waals surface area contributed by atoms with Crippen molar-refractivity contribution in [2.75, 3.05) is 6.61 Å². The van der Waals surface area contributed by atoms with Crippen molar-refractivity contribution in [1.29, 1.82) is 0 Å². The van der Waals surface area contributed by atoms with Gasteiger partial charge in [-0.15, -0.1) is 0 Å². The van der Waals surface area contributed by atoms with Gasteiger partial charge >= 0.3 is 0 Å². The number of carbonyl (C=O) groups excluding carboxylic acids is 1. The smallest absolute Gasteiger partial charge is 0.150 e. The monoisotopic (exact) mass is 250 g/mol. The molecule has 1 aromatic carbocycles. The zero-order valence-corrected chi connectivity index (χ0v) is 9.76. The predicted octanol–water partition coefficient (Wildman–Crippen LogP) is 2.01. The van der Waals surface area contributed by atoms with Gasteiger partial charge in [-0.1, -0.05) is 11.6 Å². The Morgan fingerprint density at radius 1 is 1.47 bits per heavy atom. The zero-order valence-electron chi connectivity index (χ0n) is 9.01. The van der Waals surface area contributed by atoms with E-state index >= 15 is 0 Å². The Hall–Kier alpha value is -1.65. The van der Waals surface area contributed by atoms with Crippen molar-refractivity contribution in [3.8, 4) is 11.1 Å². The van der Waals surface area contributed by atoms with Crippen molar-refractivity contribution < 1.29 is 9.90 Å². The molecule has 0 fully saturated rings. The maximum Gasteiger partial charge on any atom is 0.150 e. The van der Waals surface area contributed by atoms with Gasteiger partial charge in [0, 0.05) is 22.3 Å². The molecule has 1 aromatic heterocycles. The van der Waals surface area contributed by atoms with Gasteiger partial charge in [0.15, 0.2) is 6.29 Å². The number of hydrogen-bond donors (Lipinski definition) is 1. The number of aromatic nitrogens is 2. The highest BCUT2D eigenvalue weighted by Gasteiger charge is 2.07. The number of aldehydes is 1. The lowest BCUT2D eigenvalue weighted by Crippen LogP contribution is -2.01. The van der Waals surface area contributed by atoms with Crippen LogP contribution in [0.2, 0.25) is 5.02 Å². The molecule has 0 saturated heterocycles. The summed E-state index contributed by atoms with van der Waals surface area (Å²) in [6, 6.07) is 5.08. The molecule has 4 nitrogen and oxygen atoms in total. The van der Waals surface area contributed by atoms with Crippen LogP contribution in [0.4, 0.5) is 0 Å². The molecule has 0 aliphatic heterocycles. The van der Waals surface area contributed by atoms with Gasteiger partial charge in [0.25, 0.3) is 0 Å². The molecule has 1 heterocycles. The second-order valence-electron chi connectivity index (χ2n) is 3.57. The summed E-state index contributed by atoms with van der Waals surface area (Å²) >= 11 is 5.91. The number of rotatable bonds is 4. The predicted molar refractivity (Wildman–Crippen MR) is 65.1 cm³/mol. The van der Waals surface area contributed by atoms with E-state index in [1.54, 1.807) is 35.3 Å². The maximum absolute atomic E-state index is 10.9. The first kappa shape index (κ1) is 11.8. The molecule has 17 heavy (non-hydrogen) atoms. The van der Waals surface area contributed by atoms with Crippen molar-refractivity contribution in [3.05, 3.63) is 41.2 Å². The van der Waals surface area contributed by atoms with E-state index in [9.17, 15) is 4.79 Å². The average molecular weight is 251 g/mol. The lowest BCUT2D eigenvalue weighted by Gasteiger charge is -2.02. The molecule has 2 rings (SSSR count). The summed E-state index contributed by atoms with van der Waals surface area (Å²) in [5, 5.41) is 13.5. The first-order chi connectivity index (χ1) is 8.24. The van der Waals surface area contributed by atoms with Crippen molar-refractivity contribution >= 4 is 17.9 Å². The Morgan fingerprint density at radius 3 is 3.00 bits per heavy atom. The van der Waals surface area contributed by atoms with Crippen LogP contribution in [0.5, 0.6) is 0 Å². The topological polar surface area (TPSA) is 55.1 Å². The largest absolute Gasteiger partial charge is 0.394 e. The molecule has 2 aromatic rings. The minimum Gasteiger partial charge on any atom is -0.394 e. The molecule has 5 heteroatoms. The maximum atomic E-state index is 10.9. The van der Waals surface area contributed by atoms with Gasteiger partial charge in [-0.3, -0.25) is 9.48 Å². The highest BCUT2D eigenvalue weighted by atomic mass is 35.5. The van der Waals surface area contributed by atoms with Gasteiger partial charge in [-0.2, -0.15) is 5.10 Å².